The molecule has 1 fully saturated rings. The average molecular weight is 246 g/mol. The summed E-state index contributed by atoms with van der Waals surface area (Å²) in [6.45, 7) is 0.942. The SMILES string of the molecule is CNCCc1ccc(C2CCC(=O)NC2=O)cc1. The first-order chi connectivity index (χ1) is 8.70. The summed E-state index contributed by atoms with van der Waals surface area (Å²) in [5.74, 6) is -0.517. The summed E-state index contributed by atoms with van der Waals surface area (Å²) in [5.41, 5.74) is 2.24. The molecule has 1 aromatic rings. The summed E-state index contributed by atoms with van der Waals surface area (Å²) >= 11 is 0. The van der Waals surface area contributed by atoms with Crippen molar-refractivity contribution in [1.82, 2.24) is 10.6 Å². The molecule has 4 nitrogen and oxygen atoms in total. The van der Waals surface area contributed by atoms with Gasteiger partial charge < -0.3 is 5.32 Å². The lowest BCUT2D eigenvalue weighted by Crippen LogP contribution is -2.39. The fraction of sp³-hybridized carbons (Fsp3) is 0.429. The quantitative estimate of drug-likeness (QED) is 0.778. The second kappa shape index (κ2) is 5.78. The first-order valence-corrected chi connectivity index (χ1v) is 6.28. The van der Waals surface area contributed by atoms with Gasteiger partial charge >= 0.3 is 0 Å². The van der Waals surface area contributed by atoms with Gasteiger partial charge in [-0.2, -0.15) is 0 Å². The summed E-state index contributed by atoms with van der Waals surface area (Å²) in [7, 11) is 1.93. The summed E-state index contributed by atoms with van der Waals surface area (Å²) in [5, 5.41) is 5.49. The zero-order valence-corrected chi connectivity index (χ0v) is 10.5. The molecule has 1 unspecified atom stereocenters. The zero-order valence-electron chi connectivity index (χ0n) is 10.5. The van der Waals surface area contributed by atoms with Crippen molar-refractivity contribution in [3.05, 3.63) is 35.4 Å². The van der Waals surface area contributed by atoms with Crippen LogP contribution in [0, 0.1) is 0 Å². The fourth-order valence-corrected chi connectivity index (χ4v) is 2.20. The molecular weight excluding hydrogens is 228 g/mol. The van der Waals surface area contributed by atoms with Gasteiger partial charge in [-0.1, -0.05) is 24.3 Å². The van der Waals surface area contributed by atoms with Crippen LogP contribution >= 0.6 is 0 Å². The van der Waals surface area contributed by atoms with Crippen molar-refractivity contribution in [3.63, 3.8) is 0 Å². The Morgan fingerprint density at radius 3 is 2.61 bits per heavy atom. The maximum Gasteiger partial charge on any atom is 0.234 e. The number of carbonyl (C=O) groups is 2. The lowest BCUT2D eigenvalue weighted by molar-refractivity contribution is -0.134. The van der Waals surface area contributed by atoms with Gasteiger partial charge in [-0.05, 0) is 37.6 Å². The van der Waals surface area contributed by atoms with E-state index in [1.165, 1.54) is 5.56 Å². The third-order valence-electron chi connectivity index (χ3n) is 3.28. The van der Waals surface area contributed by atoms with E-state index in [1.54, 1.807) is 0 Å². The topological polar surface area (TPSA) is 58.2 Å². The molecule has 0 aromatic heterocycles. The van der Waals surface area contributed by atoms with Gasteiger partial charge in [-0.15, -0.1) is 0 Å². The number of nitrogens with one attached hydrogen (secondary N) is 2. The molecule has 0 aliphatic carbocycles. The minimum Gasteiger partial charge on any atom is -0.319 e. The lowest BCUT2D eigenvalue weighted by atomic mass is 9.90. The van der Waals surface area contributed by atoms with Crippen LogP contribution in [0.5, 0.6) is 0 Å². The maximum absolute atomic E-state index is 11.7. The largest absolute Gasteiger partial charge is 0.319 e. The van der Waals surface area contributed by atoms with E-state index in [1.807, 2.05) is 19.2 Å². The van der Waals surface area contributed by atoms with E-state index in [9.17, 15) is 9.59 Å². The van der Waals surface area contributed by atoms with Gasteiger partial charge in [0.1, 0.15) is 0 Å². The monoisotopic (exact) mass is 246 g/mol. The number of hydrogen-bond acceptors (Lipinski definition) is 3. The Morgan fingerprint density at radius 1 is 1.28 bits per heavy atom. The molecule has 0 bridgehead atoms. The van der Waals surface area contributed by atoms with Crippen molar-refractivity contribution in [2.75, 3.05) is 13.6 Å². The molecule has 18 heavy (non-hydrogen) atoms. The predicted octanol–water partition coefficient (Wildman–Crippen LogP) is 0.969. The number of imide groups is 1. The van der Waals surface area contributed by atoms with E-state index < -0.39 is 0 Å². The van der Waals surface area contributed by atoms with Gasteiger partial charge in [0.15, 0.2) is 0 Å². The Bertz CT molecular complexity index is 440. The third kappa shape index (κ3) is 2.96. The van der Waals surface area contributed by atoms with E-state index in [2.05, 4.69) is 22.8 Å². The average Bonchev–Trinajstić information content (AvgIpc) is 2.37. The van der Waals surface area contributed by atoms with E-state index in [-0.39, 0.29) is 17.7 Å². The Morgan fingerprint density at radius 2 is 2.00 bits per heavy atom. The zero-order chi connectivity index (χ0) is 13.0. The van der Waals surface area contributed by atoms with Crippen LogP contribution in [0.25, 0.3) is 0 Å². The summed E-state index contributed by atoms with van der Waals surface area (Å²) in [6, 6.07) is 8.09. The number of carbonyl (C=O) groups excluding carboxylic acids is 2. The van der Waals surface area contributed by atoms with Crippen molar-refractivity contribution in [1.29, 1.82) is 0 Å². The molecule has 1 atom stereocenters. The molecule has 0 radical (unpaired) electrons. The van der Waals surface area contributed by atoms with Gasteiger partial charge in [-0.25, -0.2) is 0 Å². The number of hydrogen-bond donors (Lipinski definition) is 2. The lowest BCUT2D eigenvalue weighted by Gasteiger charge is -2.21. The van der Waals surface area contributed by atoms with Crippen LogP contribution in [0.3, 0.4) is 0 Å². The molecular formula is C14H18N2O2. The maximum atomic E-state index is 11.7. The molecule has 96 valence electrons. The van der Waals surface area contributed by atoms with Crippen molar-refractivity contribution in [2.45, 2.75) is 25.2 Å². The number of rotatable bonds is 4. The minimum atomic E-state index is -0.180. The van der Waals surface area contributed by atoms with Gasteiger partial charge in [0.05, 0.1) is 5.92 Å². The summed E-state index contributed by atoms with van der Waals surface area (Å²) < 4.78 is 0. The highest BCUT2D eigenvalue weighted by atomic mass is 16.2. The van der Waals surface area contributed by atoms with Crippen LogP contribution in [0.15, 0.2) is 24.3 Å². The van der Waals surface area contributed by atoms with Gasteiger partial charge in [0, 0.05) is 6.42 Å². The molecule has 1 aromatic carbocycles. The van der Waals surface area contributed by atoms with Crippen molar-refractivity contribution in [3.8, 4) is 0 Å². The molecule has 0 spiro atoms. The molecule has 1 saturated heterocycles. The first kappa shape index (κ1) is 12.8. The number of piperidine rings is 1. The van der Waals surface area contributed by atoms with E-state index >= 15 is 0 Å². The molecule has 0 saturated carbocycles. The highest BCUT2D eigenvalue weighted by Gasteiger charge is 2.27. The van der Waals surface area contributed by atoms with E-state index in [0.717, 1.165) is 18.5 Å². The Kier molecular flexibility index (Phi) is 4.10. The Labute approximate surface area is 107 Å². The predicted molar refractivity (Wildman–Crippen MR) is 69.2 cm³/mol. The van der Waals surface area contributed by atoms with Crippen molar-refractivity contribution < 1.29 is 9.59 Å². The third-order valence-corrected chi connectivity index (χ3v) is 3.28. The van der Waals surface area contributed by atoms with Gasteiger partial charge in [0.25, 0.3) is 0 Å². The molecule has 1 heterocycles. The fourth-order valence-electron chi connectivity index (χ4n) is 2.20. The highest BCUT2D eigenvalue weighted by molar-refractivity contribution is 6.00. The normalized spacial score (nSPS) is 19.7. The molecule has 2 amide bonds. The van der Waals surface area contributed by atoms with E-state index in [4.69, 9.17) is 0 Å². The second-order valence-electron chi connectivity index (χ2n) is 4.60. The van der Waals surface area contributed by atoms with Gasteiger partial charge in [-0.3, -0.25) is 14.9 Å². The minimum absolute atomic E-state index is 0.165. The van der Waals surface area contributed by atoms with Crippen LogP contribution in [-0.2, 0) is 16.0 Å². The standard InChI is InChI=1S/C14H18N2O2/c1-15-9-8-10-2-4-11(5-3-10)12-6-7-13(17)16-14(12)18/h2-5,12,15H,6-9H2,1H3,(H,16,17,18). The van der Waals surface area contributed by atoms with Crippen LogP contribution < -0.4 is 10.6 Å². The molecule has 2 N–H and O–H groups in total. The second-order valence-corrected chi connectivity index (χ2v) is 4.60. The van der Waals surface area contributed by atoms with Crippen molar-refractivity contribution >= 4 is 11.8 Å². The molecule has 1 aliphatic heterocycles. The number of amides is 2. The molecule has 2 rings (SSSR count). The Hall–Kier alpha value is -1.68. The van der Waals surface area contributed by atoms with E-state index in [0.29, 0.717) is 12.8 Å². The summed E-state index contributed by atoms with van der Waals surface area (Å²) in [4.78, 5) is 22.8. The summed E-state index contributed by atoms with van der Waals surface area (Å²) in [6.07, 6.45) is 2.02. The van der Waals surface area contributed by atoms with Crippen LogP contribution in [-0.4, -0.2) is 25.4 Å². The number of likely N-dealkylation sites (N-methyl/N-ethyl adjacent to an activating group) is 1. The van der Waals surface area contributed by atoms with Crippen LogP contribution in [0.4, 0.5) is 0 Å². The van der Waals surface area contributed by atoms with Gasteiger partial charge in [0.2, 0.25) is 11.8 Å². The molecule has 4 heteroatoms. The highest BCUT2D eigenvalue weighted by Crippen LogP contribution is 2.24. The molecule has 1 aliphatic rings. The first-order valence-electron chi connectivity index (χ1n) is 6.28. The Balaban J connectivity index is 2.05. The van der Waals surface area contributed by atoms with Crippen LogP contribution in [0.2, 0.25) is 0 Å². The number of benzene rings is 1. The smallest absolute Gasteiger partial charge is 0.234 e. The van der Waals surface area contributed by atoms with Crippen LogP contribution in [0.1, 0.15) is 29.9 Å². The van der Waals surface area contributed by atoms with Crippen molar-refractivity contribution in [2.24, 2.45) is 0 Å².